The van der Waals surface area contributed by atoms with Crippen LogP contribution in [0.1, 0.15) is 122 Å². The van der Waals surface area contributed by atoms with Crippen LogP contribution in [0, 0.1) is 11.8 Å². The van der Waals surface area contributed by atoms with Crippen molar-refractivity contribution >= 4 is 65.1 Å². The number of hydrogen-bond acceptors (Lipinski definition) is 17. The Bertz CT molecular complexity index is 2800. The summed E-state index contributed by atoms with van der Waals surface area (Å²) >= 11 is 0. The van der Waals surface area contributed by atoms with Crippen molar-refractivity contribution in [3.8, 4) is 0 Å². The molecule has 0 radical (unpaired) electrons. The van der Waals surface area contributed by atoms with Crippen LogP contribution in [0.4, 0.5) is 0 Å². The Labute approximate surface area is 524 Å². The summed E-state index contributed by atoms with van der Waals surface area (Å²) in [5.41, 5.74) is 35.4. The van der Waals surface area contributed by atoms with Crippen LogP contribution in [-0.4, -0.2) is 189 Å². The highest BCUT2D eigenvalue weighted by Gasteiger charge is 2.41. The highest BCUT2D eigenvalue weighted by molar-refractivity contribution is 5.97. The lowest BCUT2D eigenvalue weighted by Gasteiger charge is -2.31. The number of nitrogens with zero attached hydrogens (tertiary/aromatic N) is 5. The number of imidazole rings is 2. The molecule has 0 aliphatic carbocycles. The zero-order valence-electron chi connectivity index (χ0n) is 52.3. The molecular formula is C59H96N20O11. The number of methoxy groups -OCH3 is 1. The van der Waals surface area contributed by atoms with Crippen LogP contribution in [-0.2, 0) is 67.2 Å². The summed E-state index contributed by atoms with van der Waals surface area (Å²) in [4.78, 5) is 150. The summed E-state index contributed by atoms with van der Waals surface area (Å²) < 4.78 is 4.94. The fourth-order valence-corrected chi connectivity index (χ4v) is 10.2. The van der Waals surface area contributed by atoms with Gasteiger partial charge in [-0.15, -0.1) is 0 Å². The van der Waals surface area contributed by atoms with Crippen molar-refractivity contribution in [3.05, 3.63) is 72.3 Å². The predicted molar refractivity (Wildman–Crippen MR) is 335 cm³/mol. The monoisotopic (exact) mass is 1260 g/mol. The molecule has 1 aliphatic heterocycles. The average molecular weight is 1260 g/mol. The van der Waals surface area contributed by atoms with E-state index in [-0.39, 0.29) is 95.3 Å². The number of esters is 1. The second kappa shape index (κ2) is 38.6. The van der Waals surface area contributed by atoms with Crippen molar-refractivity contribution in [2.75, 3.05) is 33.3 Å². The first-order valence-corrected chi connectivity index (χ1v) is 30.7. The third-order valence-electron chi connectivity index (χ3n) is 15.3. The van der Waals surface area contributed by atoms with Crippen molar-refractivity contribution in [2.45, 2.75) is 184 Å². The number of H-pyrrole nitrogens is 2. The van der Waals surface area contributed by atoms with Gasteiger partial charge in [0.1, 0.15) is 42.3 Å². The highest BCUT2D eigenvalue weighted by Crippen LogP contribution is 2.22. The average Bonchev–Trinajstić information content (AvgIpc) is 2.25. The van der Waals surface area contributed by atoms with E-state index in [1.807, 2.05) is 20.8 Å². The molecule has 90 heavy (non-hydrogen) atoms. The minimum atomic E-state index is -1.54. The van der Waals surface area contributed by atoms with Gasteiger partial charge in [-0.1, -0.05) is 64.4 Å². The number of benzene rings is 1. The van der Waals surface area contributed by atoms with E-state index >= 15 is 0 Å². The molecule has 1 saturated heterocycles. The maximum atomic E-state index is 14.8. The molecule has 8 amide bonds. The molecule has 31 nitrogen and oxygen atoms in total. The maximum absolute atomic E-state index is 14.8. The van der Waals surface area contributed by atoms with Crippen LogP contribution in [0.25, 0.3) is 0 Å². The van der Waals surface area contributed by atoms with Gasteiger partial charge in [0.15, 0.2) is 11.9 Å². The molecule has 0 spiro atoms. The molecule has 498 valence electrons. The zero-order chi connectivity index (χ0) is 66.3. The second-order valence-electron chi connectivity index (χ2n) is 23.0. The van der Waals surface area contributed by atoms with E-state index in [2.05, 4.69) is 67.1 Å². The van der Waals surface area contributed by atoms with Gasteiger partial charge in [0.05, 0.1) is 44.4 Å². The third-order valence-corrected chi connectivity index (χ3v) is 15.3. The van der Waals surface area contributed by atoms with Gasteiger partial charge in [-0.25, -0.2) is 14.8 Å². The lowest BCUT2D eigenvalue weighted by molar-refractivity contribution is -0.145. The van der Waals surface area contributed by atoms with Crippen LogP contribution in [0.15, 0.2) is 65.4 Å². The largest absolute Gasteiger partial charge is 0.467 e. The molecular weight excluding hydrogens is 1160 g/mol. The smallest absolute Gasteiger partial charge is 0.328 e. The number of amides is 8. The van der Waals surface area contributed by atoms with E-state index in [1.165, 1.54) is 37.1 Å². The standard InChI is InChI=1S/C59H96N20O11/c1-6-35(4)49(55(87)77-45(28-38-31-67-33-71-38)52(84)73-41(57(89)90-5)18-10-11-21-60)78-48(81)29-47(80)42(25-34(2)3)74-53(85)44(27-37-30-66-32-70-37)75-51(83)43(26-36-15-8-7-9-16-36)76-54(86)46-20-14-24-79(46)56(88)40(19-13-23-69-59(64)65)72-50(82)39(61)17-12-22-68-58(62)63/h7-9,15-16,30-35,39-47,49,80H,6,10-14,17-29,60-61H2,1-5H3,(H,66,70)(H,67,71)(H,72,82)(H,73,84)(H,74,85)(H,75,83)(H,76,86)(H,77,87)(H,78,81)(H4,62,63,68)(H4,64,65,69)/t35-,39-,40-,41-,42-,43-,44-,45-,46-,47-,49-/m0/s1. The number of likely N-dealkylation sites (tertiary alicyclic amines) is 1. The fraction of sp³-hybridized carbons (Fsp3) is 0.610. The van der Waals surface area contributed by atoms with E-state index in [4.69, 9.17) is 39.1 Å². The number of unbranched alkanes of at least 4 members (excludes halogenated alkanes) is 1. The summed E-state index contributed by atoms with van der Waals surface area (Å²) in [5.74, 6) is -7.14. The summed E-state index contributed by atoms with van der Waals surface area (Å²) in [5, 5.41) is 31.3. The quantitative estimate of drug-likeness (QED) is 0.0118. The highest BCUT2D eigenvalue weighted by atomic mass is 16.5. The summed E-state index contributed by atoms with van der Waals surface area (Å²) in [6.45, 7) is 8.13. The van der Waals surface area contributed by atoms with Crippen LogP contribution in [0.2, 0.25) is 0 Å². The van der Waals surface area contributed by atoms with Crippen molar-refractivity contribution in [1.29, 1.82) is 0 Å². The Kier molecular flexibility index (Phi) is 31.7. The molecule has 1 aromatic carbocycles. The van der Waals surface area contributed by atoms with Crippen LogP contribution in [0.3, 0.4) is 0 Å². The molecule has 31 heteroatoms. The van der Waals surface area contributed by atoms with Crippen LogP contribution >= 0.6 is 0 Å². The first-order chi connectivity index (χ1) is 42.9. The number of aliphatic hydroxyl groups excluding tert-OH is 1. The Morgan fingerprint density at radius 2 is 1.23 bits per heavy atom. The SMILES string of the molecule is CC[C@H](C)[C@H](NC(=O)C[C@H](O)[C@H](CC(C)C)NC(=O)[C@H](Cc1cnc[nH]1)NC(=O)[C@H](Cc1ccccc1)NC(=O)[C@@H]1CCCN1C(=O)[C@H](CCCN=C(N)N)NC(=O)[C@@H](N)CCCN=C(N)N)C(=O)N[C@@H](Cc1cnc[nH]1)C(=O)N[C@@H](CCCCN)C(=O)OC. The second-order valence-corrected chi connectivity index (χ2v) is 23.0. The molecule has 0 bridgehead atoms. The molecule has 3 aromatic rings. The molecule has 0 unspecified atom stereocenters. The fourth-order valence-electron chi connectivity index (χ4n) is 10.2. The number of nitrogens with one attached hydrogen (secondary N) is 9. The van der Waals surface area contributed by atoms with Crippen molar-refractivity contribution in [2.24, 2.45) is 56.2 Å². The van der Waals surface area contributed by atoms with Crippen molar-refractivity contribution < 1.29 is 53.0 Å². The van der Waals surface area contributed by atoms with E-state index in [0.717, 1.165) is 0 Å². The number of aliphatic imine (C=N–C) groups is 2. The first-order valence-electron chi connectivity index (χ1n) is 30.7. The maximum Gasteiger partial charge on any atom is 0.328 e. The van der Waals surface area contributed by atoms with Gasteiger partial charge in [-0.3, -0.25) is 48.3 Å². The third kappa shape index (κ3) is 25.4. The van der Waals surface area contributed by atoms with Gasteiger partial charge in [-0.2, -0.15) is 0 Å². The molecule has 22 N–H and O–H groups in total. The van der Waals surface area contributed by atoms with Crippen LogP contribution < -0.4 is 71.6 Å². The van der Waals surface area contributed by atoms with Gasteiger partial charge in [0.25, 0.3) is 0 Å². The lowest BCUT2D eigenvalue weighted by Crippen LogP contribution is -2.60. The number of carbonyl (C=O) groups excluding carboxylic acids is 9. The predicted octanol–water partition coefficient (Wildman–Crippen LogP) is -2.88. The van der Waals surface area contributed by atoms with Gasteiger partial charge < -0.3 is 96.3 Å². The number of carbonyl (C=O) groups is 9. The summed E-state index contributed by atoms with van der Waals surface area (Å²) in [7, 11) is 1.20. The molecule has 3 heterocycles. The molecule has 2 aromatic heterocycles. The Hall–Kier alpha value is -8.71. The Morgan fingerprint density at radius 3 is 1.78 bits per heavy atom. The molecule has 1 aliphatic rings. The molecule has 4 rings (SSSR count). The van der Waals surface area contributed by atoms with Gasteiger partial charge in [-0.05, 0) is 88.2 Å². The zero-order valence-corrected chi connectivity index (χ0v) is 52.3. The van der Waals surface area contributed by atoms with Crippen LogP contribution in [0.5, 0.6) is 0 Å². The topological polar surface area (TPSA) is 509 Å². The Balaban J connectivity index is 1.55. The van der Waals surface area contributed by atoms with E-state index in [1.54, 1.807) is 37.3 Å². The summed E-state index contributed by atoms with van der Waals surface area (Å²) in [6, 6.07) is -1.71. The number of aliphatic hydroxyl groups is 1. The summed E-state index contributed by atoms with van der Waals surface area (Å²) in [6.07, 6.45) is 6.81. The van der Waals surface area contributed by atoms with Crippen molar-refractivity contribution in [1.82, 2.24) is 62.1 Å². The Morgan fingerprint density at radius 1 is 0.689 bits per heavy atom. The van der Waals surface area contributed by atoms with Gasteiger partial charge in [0, 0.05) is 62.7 Å². The number of rotatable bonds is 40. The van der Waals surface area contributed by atoms with E-state index in [9.17, 15) is 48.3 Å². The number of guanidine groups is 2. The first kappa shape index (κ1) is 73.8. The minimum absolute atomic E-state index is 0.0505. The number of ether oxygens (including phenoxy) is 1. The molecule has 11 atom stereocenters. The normalized spacial score (nSPS) is 16.2. The van der Waals surface area contributed by atoms with Gasteiger partial charge >= 0.3 is 5.97 Å². The molecule has 0 saturated carbocycles. The lowest BCUT2D eigenvalue weighted by atomic mass is 9.95. The minimum Gasteiger partial charge on any atom is -0.467 e. The van der Waals surface area contributed by atoms with Crippen molar-refractivity contribution in [3.63, 3.8) is 0 Å². The number of nitrogens with two attached hydrogens (primary N) is 6. The van der Waals surface area contributed by atoms with Gasteiger partial charge in [0.2, 0.25) is 47.3 Å². The molecule has 1 fully saturated rings. The number of aromatic nitrogens is 4. The number of aromatic amines is 2. The van der Waals surface area contributed by atoms with E-state index in [0.29, 0.717) is 55.6 Å². The number of hydrogen-bond donors (Lipinski definition) is 16. The van der Waals surface area contributed by atoms with E-state index < -0.39 is 126 Å².